The second-order valence-electron chi connectivity index (χ2n) is 4.78. The molecule has 0 bridgehead atoms. The van der Waals surface area contributed by atoms with Crippen LogP contribution in [0, 0.1) is 0 Å². The van der Waals surface area contributed by atoms with Crippen LogP contribution < -0.4 is 5.32 Å². The van der Waals surface area contributed by atoms with Crippen molar-refractivity contribution in [2.24, 2.45) is 0 Å². The van der Waals surface area contributed by atoms with Gasteiger partial charge < -0.3 is 10.2 Å². The van der Waals surface area contributed by atoms with Gasteiger partial charge in [-0.05, 0) is 26.1 Å². The van der Waals surface area contributed by atoms with Crippen molar-refractivity contribution in [3.63, 3.8) is 0 Å². The van der Waals surface area contributed by atoms with Gasteiger partial charge in [-0.25, -0.2) is 4.98 Å². The summed E-state index contributed by atoms with van der Waals surface area (Å²) in [6.45, 7) is 7.92. The van der Waals surface area contributed by atoms with Crippen LogP contribution in [0.25, 0.3) is 0 Å². The first-order chi connectivity index (χ1) is 8.25. The lowest BCUT2D eigenvalue weighted by atomic mass is 10.2. The van der Waals surface area contributed by atoms with Crippen LogP contribution in [0.15, 0.2) is 24.4 Å². The highest BCUT2D eigenvalue weighted by atomic mass is 15.3. The van der Waals surface area contributed by atoms with E-state index in [2.05, 4.69) is 34.1 Å². The highest BCUT2D eigenvalue weighted by molar-refractivity contribution is 5.33. The maximum absolute atomic E-state index is 4.27. The van der Waals surface area contributed by atoms with E-state index in [1.54, 1.807) is 0 Å². The lowest BCUT2D eigenvalue weighted by molar-refractivity contribution is 0.123. The SMILES string of the molecule is CC(CNc1ccccn1)N1CCN(C)CC1. The molecule has 0 aliphatic carbocycles. The molecular weight excluding hydrogens is 212 g/mol. The fourth-order valence-electron chi connectivity index (χ4n) is 2.11. The van der Waals surface area contributed by atoms with Crippen LogP contribution >= 0.6 is 0 Å². The summed E-state index contributed by atoms with van der Waals surface area (Å²) in [5, 5.41) is 3.39. The topological polar surface area (TPSA) is 31.4 Å². The van der Waals surface area contributed by atoms with Gasteiger partial charge in [0.05, 0.1) is 0 Å². The van der Waals surface area contributed by atoms with Crippen LogP contribution in [-0.2, 0) is 0 Å². The zero-order valence-corrected chi connectivity index (χ0v) is 10.8. The number of aromatic nitrogens is 1. The van der Waals surface area contributed by atoms with E-state index in [0.29, 0.717) is 6.04 Å². The van der Waals surface area contributed by atoms with Gasteiger partial charge in [-0.2, -0.15) is 0 Å². The van der Waals surface area contributed by atoms with Crippen molar-refractivity contribution in [2.75, 3.05) is 45.1 Å². The van der Waals surface area contributed by atoms with Crippen molar-refractivity contribution in [3.05, 3.63) is 24.4 Å². The van der Waals surface area contributed by atoms with Gasteiger partial charge in [-0.15, -0.1) is 0 Å². The molecular formula is C13H22N4. The first-order valence-corrected chi connectivity index (χ1v) is 6.33. The Morgan fingerprint density at radius 3 is 2.71 bits per heavy atom. The Bertz CT molecular complexity index is 319. The molecule has 0 spiro atoms. The fourth-order valence-corrected chi connectivity index (χ4v) is 2.11. The summed E-state index contributed by atoms with van der Waals surface area (Å²) in [5.41, 5.74) is 0. The normalized spacial score (nSPS) is 20.1. The zero-order valence-electron chi connectivity index (χ0n) is 10.8. The molecule has 1 aliphatic heterocycles. The van der Waals surface area contributed by atoms with Crippen molar-refractivity contribution in [3.8, 4) is 0 Å². The summed E-state index contributed by atoms with van der Waals surface area (Å²) in [6, 6.07) is 6.52. The van der Waals surface area contributed by atoms with Gasteiger partial charge >= 0.3 is 0 Å². The van der Waals surface area contributed by atoms with Crippen LogP contribution in [0.3, 0.4) is 0 Å². The third kappa shape index (κ3) is 3.68. The summed E-state index contributed by atoms with van der Waals surface area (Å²) >= 11 is 0. The van der Waals surface area contributed by atoms with Crippen LogP contribution in [0.4, 0.5) is 5.82 Å². The maximum atomic E-state index is 4.27. The van der Waals surface area contributed by atoms with Crippen LogP contribution in [0.1, 0.15) is 6.92 Å². The number of nitrogens with zero attached hydrogens (tertiary/aromatic N) is 3. The fraction of sp³-hybridized carbons (Fsp3) is 0.615. The van der Waals surface area contributed by atoms with Gasteiger partial charge in [0.1, 0.15) is 5.82 Å². The molecule has 4 heteroatoms. The van der Waals surface area contributed by atoms with Crippen LogP contribution in [0.5, 0.6) is 0 Å². The first-order valence-electron chi connectivity index (χ1n) is 6.33. The second-order valence-corrected chi connectivity index (χ2v) is 4.78. The quantitative estimate of drug-likeness (QED) is 0.846. The van der Waals surface area contributed by atoms with Gasteiger partial charge in [-0.3, -0.25) is 4.90 Å². The summed E-state index contributed by atoms with van der Waals surface area (Å²) in [7, 11) is 2.19. The van der Waals surface area contributed by atoms with E-state index in [1.807, 2.05) is 24.4 Å². The average molecular weight is 234 g/mol. The number of nitrogens with one attached hydrogen (secondary N) is 1. The number of anilines is 1. The van der Waals surface area contributed by atoms with Gasteiger partial charge in [0.25, 0.3) is 0 Å². The molecule has 1 N–H and O–H groups in total. The molecule has 0 amide bonds. The largest absolute Gasteiger partial charge is 0.369 e. The molecule has 1 saturated heterocycles. The highest BCUT2D eigenvalue weighted by Crippen LogP contribution is 2.06. The number of hydrogen-bond acceptors (Lipinski definition) is 4. The number of rotatable bonds is 4. The standard InChI is InChI=1S/C13H22N4/c1-12(17-9-7-16(2)8-10-17)11-15-13-5-3-4-6-14-13/h3-6,12H,7-11H2,1-2H3,(H,14,15). The zero-order chi connectivity index (χ0) is 12.1. The third-order valence-corrected chi connectivity index (χ3v) is 3.40. The number of pyridine rings is 1. The molecule has 1 aliphatic rings. The summed E-state index contributed by atoms with van der Waals surface area (Å²) in [6.07, 6.45) is 1.82. The smallest absolute Gasteiger partial charge is 0.125 e. The van der Waals surface area contributed by atoms with E-state index in [9.17, 15) is 0 Å². The number of piperazine rings is 1. The Morgan fingerprint density at radius 1 is 1.29 bits per heavy atom. The van der Waals surface area contributed by atoms with Crippen LogP contribution in [0.2, 0.25) is 0 Å². The molecule has 1 unspecified atom stereocenters. The number of hydrogen-bond donors (Lipinski definition) is 1. The molecule has 1 fully saturated rings. The number of likely N-dealkylation sites (N-methyl/N-ethyl adjacent to an activating group) is 1. The molecule has 0 saturated carbocycles. The van der Waals surface area contributed by atoms with E-state index >= 15 is 0 Å². The van der Waals surface area contributed by atoms with Crippen molar-refractivity contribution >= 4 is 5.82 Å². The predicted molar refractivity (Wildman–Crippen MR) is 71.3 cm³/mol. The third-order valence-electron chi connectivity index (χ3n) is 3.40. The minimum absolute atomic E-state index is 0.561. The Balaban J connectivity index is 1.75. The van der Waals surface area contributed by atoms with E-state index in [4.69, 9.17) is 0 Å². The average Bonchev–Trinajstić information content (AvgIpc) is 2.38. The molecule has 1 aromatic rings. The van der Waals surface area contributed by atoms with Crippen molar-refractivity contribution in [2.45, 2.75) is 13.0 Å². The first kappa shape index (κ1) is 12.3. The van der Waals surface area contributed by atoms with Gasteiger partial charge in [0.2, 0.25) is 0 Å². The summed E-state index contributed by atoms with van der Waals surface area (Å²) in [5.74, 6) is 0.966. The Kier molecular flexibility index (Phi) is 4.34. The van der Waals surface area contributed by atoms with Gasteiger partial charge in [-0.1, -0.05) is 6.07 Å². The molecule has 2 heterocycles. The monoisotopic (exact) mass is 234 g/mol. The lowest BCUT2D eigenvalue weighted by Crippen LogP contribution is -2.49. The molecule has 4 nitrogen and oxygen atoms in total. The summed E-state index contributed by atoms with van der Waals surface area (Å²) in [4.78, 5) is 9.19. The molecule has 0 aromatic carbocycles. The molecule has 2 rings (SSSR count). The van der Waals surface area contributed by atoms with E-state index in [-0.39, 0.29) is 0 Å². The van der Waals surface area contributed by atoms with Crippen molar-refractivity contribution in [1.29, 1.82) is 0 Å². The molecule has 0 radical (unpaired) electrons. The highest BCUT2D eigenvalue weighted by Gasteiger charge is 2.18. The van der Waals surface area contributed by atoms with E-state index in [1.165, 1.54) is 26.2 Å². The van der Waals surface area contributed by atoms with Crippen molar-refractivity contribution < 1.29 is 0 Å². The minimum Gasteiger partial charge on any atom is -0.369 e. The van der Waals surface area contributed by atoms with Gasteiger partial charge in [0, 0.05) is 45.0 Å². The maximum Gasteiger partial charge on any atom is 0.125 e. The van der Waals surface area contributed by atoms with E-state index < -0.39 is 0 Å². The molecule has 17 heavy (non-hydrogen) atoms. The Morgan fingerprint density at radius 2 is 2.06 bits per heavy atom. The Hall–Kier alpha value is -1.13. The summed E-state index contributed by atoms with van der Waals surface area (Å²) < 4.78 is 0. The molecule has 1 aromatic heterocycles. The van der Waals surface area contributed by atoms with Crippen molar-refractivity contribution in [1.82, 2.24) is 14.8 Å². The second kappa shape index (κ2) is 5.98. The van der Waals surface area contributed by atoms with Crippen LogP contribution in [-0.4, -0.2) is 60.6 Å². The van der Waals surface area contributed by atoms with E-state index in [0.717, 1.165) is 12.4 Å². The minimum atomic E-state index is 0.561. The van der Waals surface area contributed by atoms with Gasteiger partial charge in [0.15, 0.2) is 0 Å². The Labute approximate surface area is 104 Å². The lowest BCUT2D eigenvalue weighted by Gasteiger charge is -2.36. The molecule has 94 valence electrons. The molecule has 1 atom stereocenters. The predicted octanol–water partition coefficient (Wildman–Crippen LogP) is 1.13.